The molecule has 2 aromatic rings. The predicted molar refractivity (Wildman–Crippen MR) is 79.9 cm³/mol. The number of rotatable bonds is 3. The zero-order valence-corrected chi connectivity index (χ0v) is 12.3. The average molecular weight is 295 g/mol. The highest BCUT2D eigenvalue weighted by Crippen LogP contribution is 2.16. The third-order valence-electron chi connectivity index (χ3n) is 3.35. The van der Waals surface area contributed by atoms with Gasteiger partial charge in [-0.05, 0) is 6.92 Å². The number of halogens is 1. The summed E-state index contributed by atoms with van der Waals surface area (Å²) >= 11 is 0. The molecule has 1 saturated heterocycles. The van der Waals surface area contributed by atoms with E-state index in [1.807, 2.05) is 12.1 Å². The van der Waals surface area contributed by atoms with Crippen LogP contribution in [0.4, 0.5) is 0 Å². The Morgan fingerprint density at radius 1 is 1.20 bits per heavy atom. The van der Waals surface area contributed by atoms with Crippen LogP contribution in [-0.2, 0) is 6.54 Å². The molecule has 2 heterocycles. The minimum atomic E-state index is 0. The highest BCUT2D eigenvalue weighted by Gasteiger charge is 2.14. The molecule has 0 saturated carbocycles. The lowest BCUT2D eigenvalue weighted by molar-refractivity contribution is 0.203. The van der Waals surface area contributed by atoms with Gasteiger partial charge in [0.05, 0.1) is 6.54 Å². The molecule has 6 heteroatoms. The highest BCUT2D eigenvalue weighted by atomic mass is 35.5. The number of hydrogen-bond acceptors (Lipinski definition) is 5. The third kappa shape index (κ3) is 3.56. The lowest BCUT2D eigenvalue weighted by atomic mass is 10.1. The van der Waals surface area contributed by atoms with Crippen molar-refractivity contribution in [2.45, 2.75) is 13.5 Å². The molecule has 20 heavy (non-hydrogen) atoms. The molecule has 0 radical (unpaired) electrons. The van der Waals surface area contributed by atoms with Gasteiger partial charge in [-0.2, -0.15) is 4.98 Å². The summed E-state index contributed by atoms with van der Waals surface area (Å²) in [5.41, 5.74) is 2.23. The Morgan fingerprint density at radius 2 is 1.90 bits per heavy atom. The molecule has 1 aliphatic heterocycles. The van der Waals surface area contributed by atoms with Crippen LogP contribution in [0.2, 0.25) is 0 Å². The Bertz CT molecular complexity index is 534. The normalized spacial score (nSPS) is 15.8. The standard InChI is InChI=1S/C14H18N4O.ClH/c1-11-2-4-12(5-3-11)14-16-13(19-17-14)10-18-8-6-15-7-9-18;/h2-5,15H,6-10H2,1H3;1H. The molecule has 1 N–H and O–H groups in total. The number of hydrogen-bond donors (Lipinski definition) is 1. The van der Waals surface area contributed by atoms with Crippen molar-refractivity contribution in [3.8, 4) is 11.4 Å². The van der Waals surface area contributed by atoms with Gasteiger partial charge in [-0.1, -0.05) is 35.0 Å². The zero-order valence-electron chi connectivity index (χ0n) is 11.5. The summed E-state index contributed by atoms with van der Waals surface area (Å²) in [5, 5.41) is 7.38. The van der Waals surface area contributed by atoms with Crippen LogP contribution in [0.3, 0.4) is 0 Å². The summed E-state index contributed by atoms with van der Waals surface area (Å²) in [6.07, 6.45) is 0. The van der Waals surface area contributed by atoms with Gasteiger partial charge in [-0.25, -0.2) is 0 Å². The van der Waals surface area contributed by atoms with E-state index in [1.54, 1.807) is 0 Å². The van der Waals surface area contributed by atoms with Crippen molar-refractivity contribution in [1.82, 2.24) is 20.4 Å². The number of aryl methyl sites for hydroxylation is 1. The maximum absolute atomic E-state index is 5.33. The maximum atomic E-state index is 5.33. The van der Waals surface area contributed by atoms with Gasteiger partial charge in [0.2, 0.25) is 11.7 Å². The fourth-order valence-corrected chi connectivity index (χ4v) is 2.20. The van der Waals surface area contributed by atoms with E-state index in [0.717, 1.165) is 38.3 Å². The van der Waals surface area contributed by atoms with Crippen LogP contribution >= 0.6 is 12.4 Å². The molecule has 1 aromatic carbocycles. The van der Waals surface area contributed by atoms with E-state index >= 15 is 0 Å². The van der Waals surface area contributed by atoms with E-state index in [-0.39, 0.29) is 12.4 Å². The Hall–Kier alpha value is -1.43. The lowest BCUT2D eigenvalue weighted by Gasteiger charge is -2.25. The first-order chi connectivity index (χ1) is 9.31. The van der Waals surface area contributed by atoms with Crippen molar-refractivity contribution in [3.63, 3.8) is 0 Å². The van der Waals surface area contributed by atoms with Gasteiger partial charge < -0.3 is 9.84 Å². The van der Waals surface area contributed by atoms with Crippen molar-refractivity contribution in [3.05, 3.63) is 35.7 Å². The minimum absolute atomic E-state index is 0. The van der Waals surface area contributed by atoms with Crippen LogP contribution in [0.5, 0.6) is 0 Å². The third-order valence-corrected chi connectivity index (χ3v) is 3.35. The second kappa shape index (κ2) is 6.83. The molecule has 0 amide bonds. The Balaban J connectivity index is 0.00000147. The minimum Gasteiger partial charge on any atom is -0.338 e. The van der Waals surface area contributed by atoms with Crippen molar-refractivity contribution in [2.24, 2.45) is 0 Å². The first kappa shape index (κ1) is 15.0. The molecule has 1 aromatic heterocycles. The monoisotopic (exact) mass is 294 g/mol. The predicted octanol–water partition coefficient (Wildman–Crippen LogP) is 1.87. The molecule has 0 atom stereocenters. The van der Waals surface area contributed by atoms with Crippen LogP contribution < -0.4 is 5.32 Å². The van der Waals surface area contributed by atoms with E-state index in [2.05, 4.69) is 39.4 Å². The summed E-state index contributed by atoms with van der Waals surface area (Å²) in [6, 6.07) is 8.16. The Labute approximate surface area is 124 Å². The van der Waals surface area contributed by atoms with Crippen molar-refractivity contribution in [2.75, 3.05) is 26.2 Å². The van der Waals surface area contributed by atoms with E-state index in [4.69, 9.17) is 4.52 Å². The number of aromatic nitrogens is 2. The Morgan fingerprint density at radius 3 is 2.60 bits per heavy atom. The number of benzene rings is 1. The highest BCUT2D eigenvalue weighted by molar-refractivity contribution is 5.85. The zero-order chi connectivity index (χ0) is 13.1. The molecule has 1 aliphatic rings. The summed E-state index contributed by atoms with van der Waals surface area (Å²) in [5.74, 6) is 1.36. The molecule has 3 rings (SSSR count). The second-order valence-electron chi connectivity index (χ2n) is 4.90. The average Bonchev–Trinajstić information content (AvgIpc) is 2.89. The molecule has 5 nitrogen and oxygen atoms in total. The van der Waals surface area contributed by atoms with E-state index in [9.17, 15) is 0 Å². The molecule has 108 valence electrons. The molecule has 0 bridgehead atoms. The van der Waals surface area contributed by atoms with Gasteiger partial charge in [0.25, 0.3) is 0 Å². The molecule has 0 spiro atoms. The fourth-order valence-electron chi connectivity index (χ4n) is 2.20. The first-order valence-electron chi connectivity index (χ1n) is 6.64. The molecule has 0 aliphatic carbocycles. The molecular weight excluding hydrogens is 276 g/mol. The smallest absolute Gasteiger partial charge is 0.241 e. The summed E-state index contributed by atoms with van der Waals surface area (Å²) in [4.78, 5) is 6.79. The van der Waals surface area contributed by atoms with Crippen LogP contribution in [0.15, 0.2) is 28.8 Å². The Kier molecular flexibility index (Phi) is 5.11. The summed E-state index contributed by atoms with van der Waals surface area (Å²) < 4.78 is 5.33. The van der Waals surface area contributed by atoms with Gasteiger partial charge in [0.15, 0.2) is 0 Å². The molecule has 0 unspecified atom stereocenters. The SMILES string of the molecule is Cc1ccc(-c2noc(CN3CCNCC3)n2)cc1.Cl. The van der Waals surface area contributed by atoms with Gasteiger partial charge in [0, 0.05) is 31.7 Å². The van der Waals surface area contributed by atoms with Crippen LogP contribution in [-0.4, -0.2) is 41.2 Å². The lowest BCUT2D eigenvalue weighted by Crippen LogP contribution is -2.42. The van der Waals surface area contributed by atoms with Gasteiger partial charge in [0.1, 0.15) is 0 Å². The van der Waals surface area contributed by atoms with Crippen LogP contribution in [0.1, 0.15) is 11.5 Å². The second-order valence-corrected chi connectivity index (χ2v) is 4.90. The quantitative estimate of drug-likeness (QED) is 0.936. The van der Waals surface area contributed by atoms with Gasteiger partial charge in [-0.3, -0.25) is 4.90 Å². The van der Waals surface area contributed by atoms with Crippen LogP contribution in [0, 0.1) is 6.92 Å². The van der Waals surface area contributed by atoms with Gasteiger partial charge in [-0.15, -0.1) is 12.4 Å². The van der Waals surface area contributed by atoms with E-state index in [1.165, 1.54) is 5.56 Å². The number of nitrogens with one attached hydrogen (secondary N) is 1. The van der Waals surface area contributed by atoms with Gasteiger partial charge >= 0.3 is 0 Å². The maximum Gasteiger partial charge on any atom is 0.241 e. The summed E-state index contributed by atoms with van der Waals surface area (Å²) in [6.45, 7) is 6.92. The molecule has 1 fully saturated rings. The van der Waals surface area contributed by atoms with Crippen LogP contribution in [0.25, 0.3) is 11.4 Å². The first-order valence-corrected chi connectivity index (χ1v) is 6.64. The number of piperazine rings is 1. The van der Waals surface area contributed by atoms with Crippen molar-refractivity contribution in [1.29, 1.82) is 0 Å². The van der Waals surface area contributed by atoms with Crippen molar-refractivity contribution >= 4 is 12.4 Å². The molecular formula is C14H19ClN4O. The summed E-state index contributed by atoms with van der Waals surface area (Å²) in [7, 11) is 0. The largest absolute Gasteiger partial charge is 0.338 e. The van der Waals surface area contributed by atoms with E-state index < -0.39 is 0 Å². The van der Waals surface area contributed by atoms with E-state index in [0.29, 0.717) is 11.7 Å². The fraction of sp³-hybridized carbons (Fsp3) is 0.429. The van der Waals surface area contributed by atoms with Crippen molar-refractivity contribution < 1.29 is 4.52 Å². The topological polar surface area (TPSA) is 54.2 Å². The number of nitrogens with zero attached hydrogens (tertiary/aromatic N) is 3.